The van der Waals surface area contributed by atoms with Crippen LogP contribution < -0.4 is 4.74 Å². The lowest BCUT2D eigenvalue weighted by atomic mass is 9.97. The van der Waals surface area contributed by atoms with Crippen LogP contribution in [0.15, 0.2) is 84.9 Å². The van der Waals surface area contributed by atoms with Gasteiger partial charge in [-0.15, -0.1) is 0 Å². The average molecular weight is 402 g/mol. The van der Waals surface area contributed by atoms with Gasteiger partial charge in [0.2, 0.25) is 0 Å². The van der Waals surface area contributed by atoms with Gasteiger partial charge in [-0.3, -0.25) is 0 Å². The van der Waals surface area contributed by atoms with Gasteiger partial charge in [-0.25, -0.2) is 4.79 Å². The number of aliphatic carboxylic acids is 1. The van der Waals surface area contributed by atoms with E-state index in [2.05, 4.69) is 49.4 Å². The molecule has 0 heterocycles. The van der Waals surface area contributed by atoms with E-state index in [0.717, 1.165) is 28.0 Å². The van der Waals surface area contributed by atoms with E-state index in [1.807, 2.05) is 42.5 Å². The second-order valence-electron chi connectivity index (χ2n) is 7.07. The predicted molar refractivity (Wildman–Crippen MR) is 119 cm³/mol. The van der Waals surface area contributed by atoms with E-state index in [0.29, 0.717) is 13.0 Å². The van der Waals surface area contributed by atoms with E-state index < -0.39 is 12.1 Å². The van der Waals surface area contributed by atoms with Crippen LogP contribution in [-0.4, -0.2) is 30.9 Å². The molecule has 4 heteroatoms. The summed E-state index contributed by atoms with van der Waals surface area (Å²) in [7, 11) is 1.40. The van der Waals surface area contributed by atoms with Crippen molar-refractivity contribution < 1.29 is 19.4 Å². The number of carboxylic acid groups (broad SMARTS) is 1. The van der Waals surface area contributed by atoms with Crippen molar-refractivity contribution in [3.05, 3.63) is 107 Å². The maximum atomic E-state index is 11.1. The third kappa shape index (κ3) is 5.82. The number of carboxylic acids is 1. The number of benzene rings is 3. The van der Waals surface area contributed by atoms with Gasteiger partial charge < -0.3 is 14.6 Å². The van der Waals surface area contributed by atoms with Crippen LogP contribution >= 0.6 is 0 Å². The van der Waals surface area contributed by atoms with Crippen molar-refractivity contribution in [3.63, 3.8) is 0 Å². The topological polar surface area (TPSA) is 55.8 Å². The number of carbonyl (C=O) groups is 1. The molecule has 0 saturated heterocycles. The molecule has 1 unspecified atom stereocenters. The lowest BCUT2D eigenvalue weighted by Gasteiger charge is -2.12. The second kappa shape index (κ2) is 10.4. The van der Waals surface area contributed by atoms with Crippen molar-refractivity contribution in [1.82, 2.24) is 0 Å². The zero-order valence-electron chi connectivity index (χ0n) is 17.2. The first-order valence-electron chi connectivity index (χ1n) is 9.87. The van der Waals surface area contributed by atoms with Crippen LogP contribution in [0, 0.1) is 6.92 Å². The van der Waals surface area contributed by atoms with Gasteiger partial charge in [0.05, 0.1) is 0 Å². The molecule has 0 radical (unpaired) electrons. The molecular formula is C26H26O4. The van der Waals surface area contributed by atoms with Gasteiger partial charge in [0, 0.05) is 13.5 Å². The Kier molecular flexibility index (Phi) is 7.41. The number of methoxy groups -OCH3 is 1. The lowest BCUT2D eigenvalue weighted by Crippen LogP contribution is -2.24. The number of ether oxygens (including phenoxy) is 2. The van der Waals surface area contributed by atoms with Crippen molar-refractivity contribution in [2.45, 2.75) is 19.4 Å². The maximum absolute atomic E-state index is 11.1. The number of hydrogen-bond acceptors (Lipinski definition) is 3. The summed E-state index contributed by atoms with van der Waals surface area (Å²) in [5.41, 5.74) is 5.51. The monoisotopic (exact) mass is 402 g/mol. The Morgan fingerprint density at radius 1 is 0.933 bits per heavy atom. The Morgan fingerprint density at radius 2 is 1.57 bits per heavy atom. The summed E-state index contributed by atoms with van der Waals surface area (Å²) in [4.78, 5) is 11.1. The van der Waals surface area contributed by atoms with Crippen molar-refractivity contribution in [3.8, 4) is 5.75 Å². The van der Waals surface area contributed by atoms with E-state index in [1.54, 1.807) is 0 Å². The number of aryl methyl sites for hydroxylation is 1. The molecule has 0 aliphatic carbocycles. The highest BCUT2D eigenvalue weighted by atomic mass is 16.5. The number of rotatable bonds is 9. The standard InChI is InChI=1S/C26H26O4/c1-19-8-12-22(13-9-19)24(21-6-4-3-5-7-21)16-17-30-23-14-10-20(11-15-23)18-25(29-2)26(27)28/h3-16,25H,17-18H2,1-2H3,(H,27,28)/b24-16+. The van der Waals surface area contributed by atoms with Crippen LogP contribution in [0.25, 0.3) is 5.57 Å². The average Bonchev–Trinajstić information content (AvgIpc) is 2.77. The van der Waals surface area contributed by atoms with Gasteiger partial charge in [-0.05, 0) is 47.4 Å². The Bertz CT molecular complexity index is 974. The molecule has 154 valence electrons. The molecule has 0 spiro atoms. The summed E-state index contributed by atoms with van der Waals surface area (Å²) >= 11 is 0. The molecule has 3 aromatic carbocycles. The minimum Gasteiger partial charge on any atom is -0.490 e. The summed E-state index contributed by atoms with van der Waals surface area (Å²) < 4.78 is 10.9. The molecule has 0 aromatic heterocycles. The van der Waals surface area contributed by atoms with Crippen LogP contribution in [0.3, 0.4) is 0 Å². The fraction of sp³-hybridized carbons (Fsp3) is 0.192. The minimum atomic E-state index is -0.965. The van der Waals surface area contributed by atoms with E-state index in [4.69, 9.17) is 14.6 Å². The molecule has 4 nitrogen and oxygen atoms in total. The molecule has 3 rings (SSSR count). The van der Waals surface area contributed by atoms with Gasteiger partial charge >= 0.3 is 5.97 Å². The van der Waals surface area contributed by atoms with Crippen molar-refractivity contribution in [1.29, 1.82) is 0 Å². The summed E-state index contributed by atoms with van der Waals surface area (Å²) in [5.74, 6) is -0.233. The van der Waals surface area contributed by atoms with Crippen LogP contribution in [-0.2, 0) is 16.0 Å². The Hall–Kier alpha value is -3.37. The van der Waals surface area contributed by atoms with Crippen LogP contribution in [0.2, 0.25) is 0 Å². The second-order valence-corrected chi connectivity index (χ2v) is 7.07. The summed E-state index contributed by atoms with van der Waals surface area (Å²) in [6, 6.07) is 26.1. The van der Waals surface area contributed by atoms with Gasteiger partial charge in [0.15, 0.2) is 6.10 Å². The molecule has 0 fully saturated rings. The highest BCUT2D eigenvalue weighted by Crippen LogP contribution is 2.24. The summed E-state index contributed by atoms with van der Waals surface area (Å²) in [6.45, 7) is 2.50. The van der Waals surface area contributed by atoms with E-state index in [-0.39, 0.29) is 0 Å². The fourth-order valence-electron chi connectivity index (χ4n) is 3.18. The van der Waals surface area contributed by atoms with Gasteiger partial charge in [0.1, 0.15) is 12.4 Å². The normalized spacial score (nSPS) is 12.4. The maximum Gasteiger partial charge on any atom is 0.333 e. The van der Waals surface area contributed by atoms with Crippen LogP contribution in [0.5, 0.6) is 5.75 Å². The Labute approximate surface area is 177 Å². The van der Waals surface area contributed by atoms with Gasteiger partial charge in [0.25, 0.3) is 0 Å². The largest absolute Gasteiger partial charge is 0.490 e. The van der Waals surface area contributed by atoms with Crippen molar-refractivity contribution in [2.75, 3.05) is 13.7 Å². The Balaban J connectivity index is 1.71. The highest BCUT2D eigenvalue weighted by Gasteiger charge is 2.16. The van der Waals surface area contributed by atoms with E-state index in [1.165, 1.54) is 12.7 Å². The number of hydrogen-bond donors (Lipinski definition) is 1. The summed E-state index contributed by atoms with van der Waals surface area (Å²) in [6.07, 6.45) is 1.55. The molecule has 1 N–H and O–H groups in total. The quantitative estimate of drug-likeness (QED) is 0.538. The zero-order valence-corrected chi connectivity index (χ0v) is 17.2. The van der Waals surface area contributed by atoms with Crippen molar-refractivity contribution in [2.24, 2.45) is 0 Å². The molecule has 0 amide bonds. The molecule has 30 heavy (non-hydrogen) atoms. The van der Waals surface area contributed by atoms with E-state index in [9.17, 15) is 4.79 Å². The molecule has 0 saturated carbocycles. The highest BCUT2D eigenvalue weighted by molar-refractivity contribution is 5.79. The van der Waals surface area contributed by atoms with Crippen molar-refractivity contribution >= 4 is 11.5 Å². The first kappa shape index (κ1) is 21.3. The molecule has 0 aliphatic rings. The first-order chi connectivity index (χ1) is 14.6. The molecule has 0 bridgehead atoms. The third-order valence-electron chi connectivity index (χ3n) is 4.89. The SMILES string of the molecule is COC(Cc1ccc(OC/C=C(\c2ccccc2)c2ccc(C)cc2)cc1)C(=O)O. The smallest absolute Gasteiger partial charge is 0.333 e. The molecule has 0 aliphatic heterocycles. The lowest BCUT2D eigenvalue weighted by molar-refractivity contribution is -0.148. The fourth-order valence-corrected chi connectivity index (χ4v) is 3.18. The predicted octanol–water partition coefficient (Wildman–Crippen LogP) is 5.15. The zero-order chi connectivity index (χ0) is 21.3. The Morgan fingerprint density at radius 3 is 2.17 bits per heavy atom. The molecular weight excluding hydrogens is 376 g/mol. The van der Waals surface area contributed by atoms with Gasteiger partial charge in [-0.1, -0.05) is 72.3 Å². The summed E-state index contributed by atoms with van der Waals surface area (Å²) in [5, 5.41) is 9.10. The minimum absolute atomic E-state index is 0.317. The van der Waals surface area contributed by atoms with E-state index >= 15 is 0 Å². The molecule has 3 aromatic rings. The van der Waals surface area contributed by atoms with Gasteiger partial charge in [-0.2, -0.15) is 0 Å². The molecule has 1 atom stereocenters. The third-order valence-corrected chi connectivity index (χ3v) is 4.89. The van der Waals surface area contributed by atoms with Crippen LogP contribution in [0.4, 0.5) is 0 Å². The van der Waals surface area contributed by atoms with Crippen LogP contribution in [0.1, 0.15) is 22.3 Å². The first-order valence-corrected chi connectivity index (χ1v) is 9.87.